The lowest BCUT2D eigenvalue weighted by atomic mass is 10.0. The van der Waals surface area contributed by atoms with Crippen LogP contribution in [0.3, 0.4) is 0 Å². The second-order valence-electron chi connectivity index (χ2n) is 13.5. The number of ether oxygens (including phenoxy) is 8. The molecule has 1 fully saturated rings. The van der Waals surface area contributed by atoms with E-state index in [0.29, 0.717) is 55.7 Å². The average Bonchev–Trinajstić information content (AvgIpc) is 3.21. The summed E-state index contributed by atoms with van der Waals surface area (Å²) in [5, 5.41) is 0. The summed E-state index contributed by atoms with van der Waals surface area (Å²) in [4.78, 5) is 36.5. The fourth-order valence-corrected chi connectivity index (χ4v) is 6.33. The standard InChI is InChI=1S/C46H46O11/c1-31(47)54-43-30-53-46(45(56-33(3)49)44(43)55-32(2)48)57-42-26-40(51-28-35-15-9-5-10-16-35)24-22-38(42)20-19-37-21-23-39(50-27-34-13-7-4-8-14-34)25-41(37)52-29-36-17-11-6-12-18-36/h4-18,21-26,43-46H,19-20,27-30H2,1-3H3/t43-,44+,45-,46+/m1/s1. The van der Waals surface area contributed by atoms with E-state index in [2.05, 4.69) is 0 Å². The van der Waals surface area contributed by atoms with Crippen molar-refractivity contribution in [1.29, 1.82) is 0 Å². The van der Waals surface area contributed by atoms with Crippen LogP contribution in [0.4, 0.5) is 0 Å². The Bertz CT molecular complexity index is 2070. The van der Waals surface area contributed by atoms with Crippen LogP contribution in [0, 0.1) is 0 Å². The highest BCUT2D eigenvalue weighted by atomic mass is 16.7. The van der Waals surface area contributed by atoms with Gasteiger partial charge in [-0.1, -0.05) is 103 Å². The van der Waals surface area contributed by atoms with Crippen LogP contribution in [0.15, 0.2) is 127 Å². The minimum Gasteiger partial charge on any atom is -0.489 e. The third-order valence-electron chi connectivity index (χ3n) is 9.02. The van der Waals surface area contributed by atoms with E-state index < -0.39 is 42.5 Å². The molecule has 0 aromatic heterocycles. The van der Waals surface area contributed by atoms with Crippen LogP contribution in [-0.2, 0) is 66.0 Å². The molecule has 5 aromatic rings. The van der Waals surface area contributed by atoms with Gasteiger partial charge in [-0.25, -0.2) is 0 Å². The summed E-state index contributed by atoms with van der Waals surface area (Å²) in [7, 11) is 0. The van der Waals surface area contributed by atoms with Crippen LogP contribution in [0.25, 0.3) is 0 Å². The van der Waals surface area contributed by atoms with Crippen LogP contribution >= 0.6 is 0 Å². The maximum Gasteiger partial charge on any atom is 0.303 e. The van der Waals surface area contributed by atoms with Crippen molar-refractivity contribution in [3.8, 4) is 23.0 Å². The molecule has 1 aliphatic rings. The van der Waals surface area contributed by atoms with E-state index in [1.54, 1.807) is 6.07 Å². The van der Waals surface area contributed by atoms with Gasteiger partial charge in [-0.3, -0.25) is 14.4 Å². The van der Waals surface area contributed by atoms with Crippen LogP contribution in [0.2, 0.25) is 0 Å². The lowest BCUT2D eigenvalue weighted by molar-refractivity contribution is -0.260. The molecule has 4 atom stereocenters. The summed E-state index contributed by atoms with van der Waals surface area (Å²) in [6, 6.07) is 41.0. The predicted octanol–water partition coefficient (Wildman–Crippen LogP) is 7.74. The molecule has 0 spiro atoms. The van der Waals surface area contributed by atoms with Crippen LogP contribution < -0.4 is 18.9 Å². The van der Waals surface area contributed by atoms with Gasteiger partial charge in [-0.15, -0.1) is 0 Å². The monoisotopic (exact) mass is 774 g/mol. The molecule has 0 N–H and O–H groups in total. The Kier molecular flexibility index (Phi) is 14.2. The van der Waals surface area contributed by atoms with Gasteiger partial charge in [-0.05, 0) is 52.8 Å². The molecule has 1 saturated heterocycles. The topological polar surface area (TPSA) is 125 Å². The number of esters is 3. The van der Waals surface area contributed by atoms with Crippen LogP contribution in [0.1, 0.15) is 48.6 Å². The Morgan fingerprint density at radius 3 is 1.46 bits per heavy atom. The fraction of sp³-hybridized carbons (Fsp3) is 0.283. The molecule has 57 heavy (non-hydrogen) atoms. The van der Waals surface area contributed by atoms with E-state index in [9.17, 15) is 14.4 Å². The first kappa shape index (κ1) is 40.3. The highest BCUT2D eigenvalue weighted by Gasteiger charge is 2.48. The molecule has 0 amide bonds. The summed E-state index contributed by atoms with van der Waals surface area (Å²) in [6.45, 7) is 4.57. The predicted molar refractivity (Wildman–Crippen MR) is 210 cm³/mol. The van der Waals surface area contributed by atoms with Gasteiger partial charge in [0.1, 0.15) is 42.8 Å². The van der Waals surface area contributed by atoms with Crippen molar-refractivity contribution in [1.82, 2.24) is 0 Å². The highest BCUT2D eigenvalue weighted by molar-refractivity contribution is 5.68. The van der Waals surface area contributed by atoms with Gasteiger partial charge in [0.25, 0.3) is 0 Å². The SMILES string of the molecule is CC(=O)O[C@@H]1[C@@H](OC(C)=O)[C@H](Oc2cc(OCc3ccccc3)ccc2CCc2ccc(OCc3ccccc3)cc2OCc2ccccc2)OC[C@H]1OC(C)=O. The minimum atomic E-state index is -1.27. The van der Waals surface area contributed by atoms with Gasteiger partial charge in [0, 0.05) is 32.9 Å². The molecule has 1 aliphatic heterocycles. The van der Waals surface area contributed by atoms with Crippen molar-refractivity contribution in [2.45, 2.75) is 78.0 Å². The number of benzene rings is 5. The third kappa shape index (κ3) is 12.1. The van der Waals surface area contributed by atoms with Gasteiger partial charge in [-0.2, -0.15) is 0 Å². The number of aryl methyl sites for hydroxylation is 2. The largest absolute Gasteiger partial charge is 0.489 e. The second-order valence-corrected chi connectivity index (χ2v) is 13.5. The summed E-state index contributed by atoms with van der Waals surface area (Å²) < 4.78 is 47.8. The number of hydrogen-bond donors (Lipinski definition) is 0. The number of carbonyl (C=O) groups excluding carboxylic acids is 3. The molecule has 0 aliphatic carbocycles. The van der Waals surface area contributed by atoms with Crippen molar-refractivity contribution in [3.63, 3.8) is 0 Å². The maximum absolute atomic E-state index is 12.4. The number of carbonyl (C=O) groups is 3. The van der Waals surface area contributed by atoms with Gasteiger partial charge >= 0.3 is 17.9 Å². The molecule has 296 valence electrons. The van der Waals surface area contributed by atoms with Crippen molar-refractivity contribution >= 4 is 17.9 Å². The smallest absolute Gasteiger partial charge is 0.303 e. The molecule has 0 saturated carbocycles. The van der Waals surface area contributed by atoms with Crippen LogP contribution in [-0.4, -0.2) is 49.1 Å². The van der Waals surface area contributed by atoms with E-state index in [1.165, 1.54) is 20.8 Å². The Hall–Kier alpha value is -6.33. The molecule has 1 heterocycles. The molecule has 0 radical (unpaired) electrons. The lowest BCUT2D eigenvalue weighted by Crippen LogP contribution is -2.59. The molecular weight excluding hydrogens is 728 g/mol. The minimum absolute atomic E-state index is 0.180. The Morgan fingerprint density at radius 1 is 0.526 bits per heavy atom. The van der Waals surface area contributed by atoms with E-state index in [-0.39, 0.29) is 6.61 Å². The molecule has 11 heteroatoms. The van der Waals surface area contributed by atoms with Crippen molar-refractivity contribution in [3.05, 3.63) is 155 Å². The van der Waals surface area contributed by atoms with Crippen LogP contribution in [0.5, 0.6) is 23.0 Å². The van der Waals surface area contributed by atoms with Gasteiger partial charge in [0.2, 0.25) is 12.4 Å². The van der Waals surface area contributed by atoms with Gasteiger partial charge < -0.3 is 37.9 Å². The van der Waals surface area contributed by atoms with E-state index in [0.717, 1.165) is 27.8 Å². The van der Waals surface area contributed by atoms with E-state index >= 15 is 0 Å². The zero-order chi connectivity index (χ0) is 40.0. The summed E-state index contributed by atoms with van der Waals surface area (Å²) in [5.41, 5.74) is 4.79. The molecule has 0 bridgehead atoms. The van der Waals surface area contributed by atoms with E-state index in [1.807, 2.05) is 121 Å². The Morgan fingerprint density at radius 2 is 0.965 bits per heavy atom. The van der Waals surface area contributed by atoms with Crippen molar-refractivity contribution in [2.24, 2.45) is 0 Å². The van der Waals surface area contributed by atoms with E-state index in [4.69, 9.17) is 37.9 Å². The fourth-order valence-electron chi connectivity index (χ4n) is 6.33. The normalized spacial score (nSPS) is 17.5. The molecule has 6 rings (SSSR count). The molecule has 11 nitrogen and oxygen atoms in total. The van der Waals surface area contributed by atoms with Gasteiger partial charge in [0.05, 0.1) is 6.61 Å². The second kappa shape index (κ2) is 20.0. The van der Waals surface area contributed by atoms with Gasteiger partial charge in [0.15, 0.2) is 12.2 Å². The molecule has 5 aromatic carbocycles. The maximum atomic E-state index is 12.4. The Labute approximate surface area is 332 Å². The number of hydrogen-bond acceptors (Lipinski definition) is 11. The summed E-state index contributed by atoms with van der Waals surface area (Å²) in [6.07, 6.45) is -3.69. The van der Waals surface area contributed by atoms with Crippen molar-refractivity contribution in [2.75, 3.05) is 6.61 Å². The first-order valence-corrected chi connectivity index (χ1v) is 18.8. The molecule has 0 unspecified atom stereocenters. The highest BCUT2D eigenvalue weighted by Crippen LogP contribution is 2.34. The summed E-state index contributed by atoms with van der Waals surface area (Å²) >= 11 is 0. The first-order chi connectivity index (χ1) is 27.7. The third-order valence-corrected chi connectivity index (χ3v) is 9.02. The Balaban J connectivity index is 1.27. The molecular formula is C46H46O11. The van der Waals surface area contributed by atoms with Crippen molar-refractivity contribution < 1.29 is 52.3 Å². The summed E-state index contributed by atoms with van der Waals surface area (Å²) in [5.74, 6) is 0.334. The quantitative estimate of drug-likeness (QED) is 0.0681. The lowest BCUT2D eigenvalue weighted by Gasteiger charge is -2.40. The zero-order valence-electron chi connectivity index (χ0n) is 32.2. The average molecular weight is 775 g/mol. The number of rotatable bonds is 17. The first-order valence-electron chi connectivity index (χ1n) is 18.8. The zero-order valence-corrected chi connectivity index (χ0v) is 32.2.